The fraction of sp³-hybridized carbons (Fsp3) is 0.414. The van der Waals surface area contributed by atoms with Crippen molar-refractivity contribution in [3.8, 4) is 17.2 Å². The first-order valence-corrected chi connectivity index (χ1v) is 11.8. The quantitative estimate of drug-likeness (QED) is 0.275. The third-order valence-corrected chi connectivity index (χ3v) is 5.70. The molecule has 2 aromatic rings. The Hall–Kier alpha value is -3.09. The number of carbonyl (C=O) groups is 1. The zero-order valence-electron chi connectivity index (χ0n) is 21.6. The van der Waals surface area contributed by atoms with Gasteiger partial charge in [0.25, 0.3) is 0 Å². The van der Waals surface area contributed by atoms with E-state index in [0.717, 1.165) is 27.8 Å². The van der Waals surface area contributed by atoms with E-state index in [0.29, 0.717) is 35.7 Å². The van der Waals surface area contributed by atoms with Crippen LogP contribution in [-0.4, -0.2) is 33.6 Å². The second-order valence-electron chi connectivity index (χ2n) is 9.04. The standard InChI is InChI=1S/C29H36O6/c1-19(2)12-14-22-27(33-17-31-5)23(15-13-20(3)4)29-26(28(22)34-18-32-6)24(30)16-25(35-29)21-10-8-7-9-11-21/h7-13,25H,14-18H2,1-6H3. The van der Waals surface area contributed by atoms with Gasteiger partial charge in [-0.15, -0.1) is 0 Å². The van der Waals surface area contributed by atoms with E-state index in [9.17, 15) is 4.79 Å². The number of carbonyl (C=O) groups excluding carboxylic acids is 1. The van der Waals surface area contributed by atoms with Gasteiger partial charge in [0.2, 0.25) is 0 Å². The highest BCUT2D eigenvalue weighted by molar-refractivity contribution is 6.04. The van der Waals surface area contributed by atoms with Gasteiger partial charge in [-0.25, -0.2) is 0 Å². The zero-order valence-corrected chi connectivity index (χ0v) is 21.6. The van der Waals surface area contributed by atoms with E-state index in [1.54, 1.807) is 14.2 Å². The molecule has 6 heteroatoms. The zero-order chi connectivity index (χ0) is 25.4. The van der Waals surface area contributed by atoms with Crippen LogP contribution in [0.5, 0.6) is 17.2 Å². The molecule has 0 saturated heterocycles. The SMILES string of the molecule is COCOc1c(CC=C(C)C)c(OCOC)c2c(c1CC=C(C)C)OC(c1ccccc1)CC2=O. The molecule has 2 aromatic carbocycles. The van der Waals surface area contributed by atoms with Gasteiger partial charge in [-0.1, -0.05) is 53.6 Å². The van der Waals surface area contributed by atoms with E-state index in [1.807, 2.05) is 58.0 Å². The van der Waals surface area contributed by atoms with Gasteiger partial charge in [0.15, 0.2) is 19.4 Å². The molecule has 0 aliphatic carbocycles. The molecule has 1 heterocycles. The monoisotopic (exact) mass is 480 g/mol. The number of ketones is 1. The van der Waals surface area contributed by atoms with Gasteiger partial charge in [-0.3, -0.25) is 4.79 Å². The van der Waals surface area contributed by atoms with Crippen molar-refractivity contribution in [3.05, 3.63) is 75.9 Å². The lowest BCUT2D eigenvalue weighted by atomic mass is 9.89. The summed E-state index contributed by atoms with van der Waals surface area (Å²) in [6.45, 7) is 8.21. The van der Waals surface area contributed by atoms with Crippen molar-refractivity contribution >= 4 is 5.78 Å². The van der Waals surface area contributed by atoms with E-state index in [2.05, 4.69) is 12.2 Å². The molecular weight excluding hydrogens is 444 g/mol. The largest absolute Gasteiger partial charge is 0.484 e. The van der Waals surface area contributed by atoms with Gasteiger partial charge in [-0.05, 0) is 46.1 Å². The fourth-order valence-corrected chi connectivity index (χ4v) is 4.04. The molecule has 188 valence electrons. The summed E-state index contributed by atoms with van der Waals surface area (Å²) in [7, 11) is 3.13. The predicted octanol–water partition coefficient (Wildman–Crippen LogP) is 6.38. The van der Waals surface area contributed by atoms with Crippen LogP contribution >= 0.6 is 0 Å². The summed E-state index contributed by atoms with van der Waals surface area (Å²) in [4.78, 5) is 13.7. The molecule has 0 bridgehead atoms. The highest BCUT2D eigenvalue weighted by atomic mass is 16.7. The van der Waals surface area contributed by atoms with Gasteiger partial charge >= 0.3 is 0 Å². The Balaban J connectivity index is 2.30. The lowest BCUT2D eigenvalue weighted by molar-refractivity contribution is 0.0421. The summed E-state index contributed by atoms with van der Waals surface area (Å²) in [5, 5.41) is 0. The van der Waals surface area contributed by atoms with Crippen LogP contribution in [0.4, 0.5) is 0 Å². The predicted molar refractivity (Wildman–Crippen MR) is 136 cm³/mol. The number of hydrogen-bond acceptors (Lipinski definition) is 6. The number of Topliss-reactive ketones (excluding diaryl/α,β-unsaturated/α-hetero) is 1. The van der Waals surface area contributed by atoms with Crippen LogP contribution in [0.15, 0.2) is 53.6 Å². The van der Waals surface area contributed by atoms with Gasteiger partial charge in [0.1, 0.15) is 28.9 Å². The first-order chi connectivity index (χ1) is 16.9. The molecule has 3 rings (SSSR count). The molecule has 0 N–H and O–H groups in total. The van der Waals surface area contributed by atoms with Crippen LogP contribution in [0, 0.1) is 0 Å². The Kier molecular flexibility index (Phi) is 9.52. The Labute approximate surface area is 208 Å². The van der Waals surface area contributed by atoms with Gasteiger partial charge in [-0.2, -0.15) is 0 Å². The molecule has 1 unspecified atom stereocenters. The summed E-state index contributed by atoms with van der Waals surface area (Å²) in [5.74, 6) is 1.54. The second kappa shape index (κ2) is 12.6. The number of ether oxygens (including phenoxy) is 5. The van der Waals surface area contributed by atoms with Gasteiger partial charge < -0.3 is 23.7 Å². The maximum atomic E-state index is 13.7. The van der Waals surface area contributed by atoms with Gasteiger partial charge in [0, 0.05) is 25.3 Å². The molecular formula is C29H36O6. The van der Waals surface area contributed by atoms with Crippen molar-refractivity contribution in [3.63, 3.8) is 0 Å². The molecule has 0 spiro atoms. The Morgan fingerprint density at radius 1 is 0.886 bits per heavy atom. The van der Waals surface area contributed by atoms with Crippen LogP contribution in [0.25, 0.3) is 0 Å². The first kappa shape index (κ1) is 26.5. The Morgan fingerprint density at radius 3 is 2.03 bits per heavy atom. The van der Waals surface area contributed by atoms with Gasteiger partial charge in [0.05, 0.1) is 6.42 Å². The Morgan fingerprint density at radius 2 is 1.46 bits per heavy atom. The number of fused-ring (bicyclic) bond motifs is 1. The summed E-state index contributed by atoms with van der Waals surface area (Å²) >= 11 is 0. The second-order valence-corrected chi connectivity index (χ2v) is 9.04. The van der Waals surface area contributed by atoms with Crippen LogP contribution in [0.3, 0.4) is 0 Å². The maximum absolute atomic E-state index is 13.7. The van der Waals surface area contributed by atoms with Crippen molar-refractivity contribution in [2.45, 2.75) is 53.1 Å². The molecule has 1 aliphatic heterocycles. The number of allylic oxidation sites excluding steroid dienone is 4. The first-order valence-electron chi connectivity index (χ1n) is 11.8. The number of benzene rings is 2. The van der Waals surface area contributed by atoms with E-state index < -0.39 is 6.10 Å². The average molecular weight is 481 g/mol. The minimum atomic E-state index is -0.393. The van der Waals surface area contributed by atoms with E-state index in [1.165, 1.54) is 0 Å². The lowest BCUT2D eigenvalue weighted by Gasteiger charge is -2.31. The summed E-state index contributed by atoms with van der Waals surface area (Å²) in [5.41, 5.74) is 5.31. The van der Waals surface area contributed by atoms with Crippen LogP contribution < -0.4 is 14.2 Å². The molecule has 1 aliphatic rings. The van der Waals surface area contributed by atoms with Crippen LogP contribution in [0.1, 0.15) is 67.3 Å². The molecule has 0 amide bonds. The molecule has 6 nitrogen and oxygen atoms in total. The third-order valence-electron chi connectivity index (χ3n) is 5.70. The summed E-state index contributed by atoms with van der Waals surface area (Å²) in [6, 6.07) is 9.81. The number of rotatable bonds is 11. The normalized spacial score (nSPS) is 14.6. The molecule has 0 aromatic heterocycles. The van der Waals surface area contributed by atoms with Crippen molar-refractivity contribution in [1.29, 1.82) is 0 Å². The molecule has 1 atom stereocenters. The average Bonchev–Trinajstić information content (AvgIpc) is 2.84. The van der Waals surface area contributed by atoms with E-state index in [-0.39, 0.29) is 25.8 Å². The third kappa shape index (κ3) is 6.53. The molecule has 35 heavy (non-hydrogen) atoms. The van der Waals surface area contributed by atoms with Crippen molar-refractivity contribution in [2.24, 2.45) is 0 Å². The van der Waals surface area contributed by atoms with E-state index in [4.69, 9.17) is 23.7 Å². The van der Waals surface area contributed by atoms with Crippen molar-refractivity contribution < 1.29 is 28.5 Å². The smallest absolute Gasteiger partial charge is 0.188 e. The summed E-state index contributed by atoms with van der Waals surface area (Å²) in [6.07, 6.45) is 5.11. The molecule has 0 fully saturated rings. The topological polar surface area (TPSA) is 63.2 Å². The Bertz CT molecular complexity index is 1080. The minimum Gasteiger partial charge on any atom is -0.484 e. The number of hydrogen-bond donors (Lipinski definition) is 0. The minimum absolute atomic E-state index is 0.000685. The fourth-order valence-electron chi connectivity index (χ4n) is 4.04. The van der Waals surface area contributed by atoms with Crippen molar-refractivity contribution in [2.75, 3.05) is 27.8 Å². The molecule has 0 radical (unpaired) electrons. The van der Waals surface area contributed by atoms with Crippen molar-refractivity contribution in [1.82, 2.24) is 0 Å². The number of methoxy groups -OCH3 is 2. The van der Waals surface area contributed by atoms with Crippen LogP contribution in [0.2, 0.25) is 0 Å². The highest BCUT2D eigenvalue weighted by Crippen LogP contribution is 2.49. The van der Waals surface area contributed by atoms with Crippen LogP contribution in [-0.2, 0) is 22.3 Å². The van der Waals surface area contributed by atoms with E-state index >= 15 is 0 Å². The lowest BCUT2D eigenvalue weighted by Crippen LogP contribution is -2.24. The molecule has 0 saturated carbocycles. The summed E-state index contributed by atoms with van der Waals surface area (Å²) < 4.78 is 29.2. The maximum Gasteiger partial charge on any atom is 0.188 e. The highest BCUT2D eigenvalue weighted by Gasteiger charge is 2.36.